The average molecular weight is 340 g/mol. The molecule has 9 nitrogen and oxygen atoms in total. The van der Waals surface area contributed by atoms with E-state index >= 15 is 0 Å². The molecule has 1 aliphatic heterocycles. The smallest absolute Gasteiger partial charge is 0.414 e. The van der Waals surface area contributed by atoms with Gasteiger partial charge in [0.25, 0.3) is 0 Å². The maximum atomic E-state index is 11.6. The predicted molar refractivity (Wildman–Crippen MR) is 84.2 cm³/mol. The molecular weight excluding hydrogens is 320 g/mol. The molecule has 9 heteroatoms. The van der Waals surface area contributed by atoms with Gasteiger partial charge in [-0.15, -0.1) is 0 Å². The van der Waals surface area contributed by atoms with E-state index in [1.54, 1.807) is 18.2 Å². The highest BCUT2D eigenvalue weighted by atomic mass is 16.7. The molecule has 0 saturated heterocycles. The number of amides is 1. The van der Waals surface area contributed by atoms with Gasteiger partial charge in [-0.05, 0) is 24.6 Å². The Labute approximate surface area is 138 Å². The first-order valence-corrected chi connectivity index (χ1v) is 7.16. The van der Waals surface area contributed by atoms with Gasteiger partial charge in [0.1, 0.15) is 0 Å². The molecule has 24 heavy (non-hydrogen) atoms. The number of carboxylic acids is 2. The second-order valence-corrected chi connectivity index (χ2v) is 5.25. The number of benzene rings is 1. The molecule has 1 aliphatic rings. The summed E-state index contributed by atoms with van der Waals surface area (Å²) in [6.45, 7) is 5.58. The molecule has 0 aromatic heterocycles. The Balaban J connectivity index is 0.000000413. The Morgan fingerprint density at radius 3 is 2.33 bits per heavy atom. The number of fused-ring (bicyclic) bond motifs is 1. The first kappa shape index (κ1) is 19.2. The van der Waals surface area contributed by atoms with Crippen LogP contribution < -0.4 is 20.1 Å². The molecule has 132 valence electrons. The molecule has 0 saturated carbocycles. The highest BCUT2D eigenvalue weighted by Gasteiger charge is 2.13. The third-order valence-corrected chi connectivity index (χ3v) is 2.68. The lowest BCUT2D eigenvalue weighted by Gasteiger charge is -2.08. The van der Waals surface area contributed by atoms with Crippen LogP contribution in [0.4, 0.5) is 5.69 Å². The molecular formula is C15H20N2O7. The van der Waals surface area contributed by atoms with Crippen LogP contribution in [0.3, 0.4) is 0 Å². The minimum Gasteiger partial charge on any atom is -0.473 e. The summed E-state index contributed by atoms with van der Waals surface area (Å²) in [7, 11) is 0. The zero-order chi connectivity index (χ0) is 18.1. The number of carbonyl (C=O) groups excluding carboxylic acids is 1. The van der Waals surface area contributed by atoms with Gasteiger partial charge < -0.3 is 30.3 Å². The number of anilines is 1. The van der Waals surface area contributed by atoms with Crippen molar-refractivity contribution in [3.8, 4) is 11.5 Å². The van der Waals surface area contributed by atoms with E-state index < -0.39 is 11.9 Å². The quantitative estimate of drug-likeness (QED) is 0.577. The second-order valence-electron chi connectivity index (χ2n) is 5.25. The highest BCUT2D eigenvalue weighted by Crippen LogP contribution is 2.34. The third kappa shape index (κ3) is 6.97. The van der Waals surface area contributed by atoms with Crippen LogP contribution in [0.25, 0.3) is 0 Å². The lowest BCUT2D eigenvalue weighted by molar-refractivity contribution is -0.159. The summed E-state index contributed by atoms with van der Waals surface area (Å²) in [5, 5.41) is 20.7. The van der Waals surface area contributed by atoms with Crippen molar-refractivity contribution in [2.45, 2.75) is 13.8 Å². The van der Waals surface area contributed by atoms with E-state index in [2.05, 4.69) is 24.5 Å². The molecule has 0 fully saturated rings. The van der Waals surface area contributed by atoms with Crippen LogP contribution in [0.1, 0.15) is 13.8 Å². The number of hydrogen-bond donors (Lipinski definition) is 4. The Morgan fingerprint density at radius 1 is 1.12 bits per heavy atom. The van der Waals surface area contributed by atoms with Gasteiger partial charge in [-0.25, -0.2) is 9.59 Å². The van der Waals surface area contributed by atoms with Crippen molar-refractivity contribution in [3.63, 3.8) is 0 Å². The number of aliphatic carboxylic acids is 2. The van der Waals surface area contributed by atoms with Crippen molar-refractivity contribution in [2.24, 2.45) is 5.92 Å². The summed E-state index contributed by atoms with van der Waals surface area (Å²) < 4.78 is 10.4. The SMILES string of the molecule is CC(C)CNCC(=O)Nc1ccc2c(c1)OCO2.O=C(O)C(=O)O. The fourth-order valence-corrected chi connectivity index (χ4v) is 1.65. The molecule has 0 atom stereocenters. The summed E-state index contributed by atoms with van der Waals surface area (Å²) in [5.74, 6) is -1.79. The minimum atomic E-state index is -1.82. The molecule has 1 aromatic rings. The van der Waals surface area contributed by atoms with Crippen molar-refractivity contribution in [1.82, 2.24) is 5.32 Å². The minimum absolute atomic E-state index is 0.0606. The Kier molecular flexibility index (Phi) is 7.50. The average Bonchev–Trinajstić information content (AvgIpc) is 2.94. The maximum absolute atomic E-state index is 11.6. The first-order chi connectivity index (χ1) is 11.3. The Hall–Kier alpha value is -2.81. The molecule has 1 amide bonds. The predicted octanol–water partition coefficient (Wildman–Crippen LogP) is 0.755. The van der Waals surface area contributed by atoms with E-state index in [0.717, 1.165) is 12.2 Å². The van der Waals surface area contributed by atoms with Crippen molar-refractivity contribution in [2.75, 3.05) is 25.2 Å². The fraction of sp³-hybridized carbons (Fsp3) is 0.400. The second kappa shape index (κ2) is 9.36. The van der Waals surface area contributed by atoms with Crippen molar-refractivity contribution in [1.29, 1.82) is 0 Å². The van der Waals surface area contributed by atoms with Gasteiger partial charge >= 0.3 is 11.9 Å². The lowest BCUT2D eigenvalue weighted by atomic mass is 10.2. The standard InChI is InChI=1S/C13H18N2O3.C2H2O4/c1-9(2)6-14-7-13(16)15-10-3-4-11-12(5-10)18-8-17-11;3-1(4)2(5)6/h3-5,9,14H,6-8H2,1-2H3,(H,15,16);(H,3,4)(H,5,6). The van der Waals surface area contributed by atoms with Gasteiger partial charge in [-0.1, -0.05) is 13.8 Å². The highest BCUT2D eigenvalue weighted by molar-refractivity contribution is 6.27. The van der Waals surface area contributed by atoms with E-state index in [4.69, 9.17) is 29.3 Å². The fourth-order valence-electron chi connectivity index (χ4n) is 1.65. The normalized spacial score (nSPS) is 11.5. The van der Waals surface area contributed by atoms with E-state index in [1.165, 1.54) is 0 Å². The lowest BCUT2D eigenvalue weighted by Crippen LogP contribution is -2.30. The van der Waals surface area contributed by atoms with Gasteiger partial charge in [0.05, 0.1) is 6.54 Å². The number of carboxylic acid groups (broad SMARTS) is 2. The Morgan fingerprint density at radius 2 is 1.75 bits per heavy atom. The van der Waals surface area contributed by atoms with Crippen molar-refractivity contribution >= 4 is 23.5 Å². The van der Waals surface area contributed by atoms with Crippen LogP contribution in [0, 0.1) is 5.92 Å². The molecule has 0 radical (unpaired) electrons. The molecule has 0 aliphatic carbocycles. The van der Waals surface area contributed by atoms with Crippen molar-refractivity contribution in [3.05, 3.63) is 18.2 Å². The van der Waals surface area contributed by atoms with Crippen LogP contribution in [0.5, 0.6) is 11.5 Å². The topological polar surface area (TPSA) is 134 Å². The molecule has 2 rings (SSSR count). The third-order valence-electron chi connectivity index (χ3n) is 2.68. The summed E-state index contributed by atoms with van der Waals surface area (Å²) in [5.41, 5.74) is 0.718. The van der Waals surface area contributed by atoms with Gasteiger partial charge in [0, 0.05) is 11.8 Å². The summed E-state index contributed by atoms with van der Waals surface area (Å²) in [6, 6.07) is 5.36. The monoisotopic (exact) mass is 340 g/mol. The number of rotatable bonds is 5. The number of ether oxygens (including phenoxy) is 2. The van der Waals surface area contributed by atoms with Gasteiger partial charge in [-0.2, -0.15) is 0 Å². The molecule has 1 heterocycles. The Bertz CT molecular complexity index is 589. The van der Waals surface area contributed by atoms with E-state index in [-0.39, 0.29) is 12.7 Å². The van der Waals surface area contributed by atoms with E-state index in [0.29, 0.717) is 24.0 Å². The van der Waals surface area contributed by atoms with Gasteiger partial charge in [0.2, 0.25) is 12.7 Å². The van der Waals surface area contributed by atoms with Crippen molar-refractivity contribution < 1.29 is 34.1 Å². The molecule has 0 bridgehead atoms. The summed E-state index contributed by atoms with van der Waals surface area (Å²) >= 11 is 0. The van der Waals surface area contributed by atoms with Gasteiger partial charge in [-0.3, -0.25) is 4.79 Å². The van der Waals surface area contributed by atoms with Crippen LogP contribution in [0.2, 0.25) is 0 Å². The zero-order valence-electron chi connectivity index (χ0n) is 13.4. The molecule has 0 spiro atoms. The van der Waals surface area contributed by atoms with Crippen LogP contribution in [-0.2, 0) is 14.4 Å². The van der Waals surface area contributed by atoms with Gasteiger partial charge in [0.15, 0.2) is 11.5 Å². The maximum Gasteiger partial charge on any atom is 0.414 e. The van der Waals surface area contributed by atoms with Crippen LogP contribution in [0.15, 0.2) is 18.2 Å². The molecule has 0 unspecified atom stereocenters. The number of hydrogen-bond acceptors (Lipinski definition) is 6. The molecule has 4 N–H and O–H groups in total. The summed E-state index contributed by atoms with van der Waals surface area (Å²) in [6.07, 6.45) is 0. The van der Waals surface area contributed by atoms with Crippen LogP contribution in [-0.4, -0.2) is 47.9 Å². The summed E-state index contributed by atoms with van der Waals surface area (Å²) in [4.78, 5) is 29.8. The van der Waals surface area contributed by atoms with E-state index in [9.17, 15) is 4.79 Å². The molecule has 1 aromatic carbocycles. The zero-order valence-corrected chi connectivity index (χ0v) is 13.4. The number of carbonyl (C=O) groups is 3. The van der Waals surface area contributed by atoms with E-state index in [1.807, 2.05) is 0 Å². The largest absolute Gasteiger partial charge is 0.473 e. The number of nitrogens with one attached hydrogen (secondary N) is 2. The van der Waals surface area contributed by atoms with Crippen LogP contribution >= 0.6 is 0 Å². The first-order valence-electron chi connectivity index (χ1n) is 7.16.